The van der Waals surface area contributed by atoms with Gasteiger partial charge in [0.1, 0.15) is 11.2 Å². The molecule has 1 fully saturated rings. The number of rotatable bonds is 2. The molecular weight excluding hydrogens is 364 g/mol. The Kier molecular flexibility index (Phi) is 6.04. The number of aromatic nitrogens is 2. The van der Waals surface area contributed by atoms with E-state index in [0.29, 0.717) is 25.1 Å². The van der Waals surface area contributed by atoms with Crippen LogP contribution in [0, 0.1) is 24.7 Å². The van der Waals surface area contributed by atoms with Gasteiger partial charge in [-0.1, -0.05) is 36.3 Å². The van der Waals surface area contributed by atoms with Crippen molar-refractivity contribution in [1.82, 2.24) is 9.97 Å². The highest BCUT2D eigenvalue weighted by atomic mass is 16.6. The van der Waals surface area contributed by atoms with Crippen molar-refractivity contribution >= 4 is 5.97 Å². The molecule has 1 N–H and O–H groups in total. The number of carbonyl (C=O) groups is 1. The SMILES string of the molecule is Cc1cnc(C#CC2(O)CC[C@@H](C(=O)OC(C)(C)C)[C@H](c3ccccc3)C2)nc1. The minimum absolute atomic E-state index is 0.168. The van der Waals surface area contributed by atoms with Crippen molar-refractivity contribution in [2.24, 2.45) is 5.92 Å². The van der Waals surface area contributed by atoms with Crippen LogP contribution in [-0.4, -0.2) is 32.2 Å². The summed E-state index contributed by atoms with van der Waals surface area (Å²) in [4.78, 5) is 21.2. The van der Waals surface area contributed by atoms with Crippen molar-refractivity contribution in [3.63, 3.8) is 0 Å². The average Bonchev–Trinajstić information content (AvgIpc) is 2.67. The van der Waals surface area contributed by atoms with E-state index in [-0.39, 0.29) is 17.8 Å². The molecule has 29 heavy (non-hydrogen) atoms. The molecule has 5 nitrogen and oxygen atoms in total. The fourth-order valence-corrected chi connectivity index (χ4v) is 3.66. The molecule has 0 saturated heterocycles. The van der Waals surface area contributed by atoms with Crippen LogP contribution in [0.4, 0.5) is 0 Å². The number of hydrogen-bond donors (Lipinski definition) is 1. The zero-order chi connectivity index (χ0) is 21.1. The number of esters is 1. The molecule has 152 valence electrons. The van der Waals surface area contributed by atoms with E-state index in [2.05, 4.69) is 21.8 Å². The lowest BCUT2D eigenvalue weighted by molar-refractivity contribution is -0.163. The van der Waals surface area contributed by atoms with Gasteiger partial charge in [0.2, 0.25) is 5.82 Å². The molecule has 0 aliphatic heterocycles. The quantitative estimate of drug-likeness (QED) is 0.622. The van der Waals surface area contributed by atoms with Crippen molar-refractivity contribution in [1.29, 1.82) is 0 Å². The van der Waals surface area contributed by atoms with Gasteiger partial charge in [0, 0.05) is 18.3 Å². The lowest BCUT2D eigenvalue weighted by atomic mass is 9.69. The van der Waals surface area contributed by atoms with Gasteiger partial charge in [0.25, 0.3) is 0 Å². The first-order chi connectivity index (χ1) is 13.7. The van der Waals surface area contributed by atoms with Crippen molar-refractivity contribution < 1.29 is 14.6 Å². The van der Waals surface area contributed by atoms with E-state index >= 15 is 0 Å². The van der Waals surface area contributed by atoms with Gasteiger partial charge in [-0.2, -0.15) is 0 Å². The predicted molar refractivity (Wildman–Crippen MR) is 111 cm³/mol. The van der Waals surface area contributed by atoms with Gasteiger partial charge in [0.05, 0.1) is 5.92 Å². The van der Waals surface area contributed by atoms with E-state index in [9.17, 15) is 9.90 Å². The zero-order valence-electron chi connectivity index (χ0n) is 17.5. The van der Waals surface area contributed by atoms with Crippen LogP contribution in [0.3, 0.4) is 0 Å². The molecular formula is C24H28N2O3. The monoisotopic (exact) mass is 392 g/mol. The van der Waals surface area contributed by atoms with Crippen LogP contribution >= 0.6 is 0 Å². The van der Waals surface area contributed by atoms with Crippen molar-refractivity contribution in [2.45, 2.75) is 64.1 Å². The second kappa shape index (κ2) is 8.34. The normalized spacial score (nSPS) is 24.3. The van der Waals surface area contributed by atoms with E-state index in [4.69, 9.17) is 4.74 Å². The van der Waals surface area contributed by atoms with Crippen molar-refractivity contribution in [2.75, 3.05) is 0 Å². The lowest BCUT2D eigenvalue weighted by Gasteiger charge is -2.39. The van der Waals surface area contributed by atoms with Crippen LogP contribution < -0.4 is 0 Å². The molecule has 1 aromatic carbocycles. The van der Waals surface area contributed by atoms with Gasteiger partial charge >= 0.3 is 5.97 Å². The summed E-state index contributed by atoms with van der Waals surface area (Å²) < 4.78 is 5.66. The molecule has 3 rings (SSSR count). The molecule has 1 heterocycles. The van der Waals surface area contributed by atoms with Crippen LogP contribution in [0.5, 0.6) is 0 Å². The van der Waals surface area contributed by atoms with E-state index < -0.39 is 11.2 Å². The van der Waals surface area contributed by atoms with E-state index in [1.165, 1.54) is 0 Å². The van der Waals surface area contributed by atoms with Gasteiger partial charge in [0.15, 0.2) is 0 Å². The van der Waals surface area contributed by atoms with Crippen LogP contribution in [0.15, 0.2) is 42.7 Å². The summed E-state index contributed by atoms with van der Waals surface area (Å²) in [5.74, 6) is 5.55. The van der Waals surface area contributed by atoms with Gasteiger partial charge in [-0.05, 0) is 64.0 Å². The smallest absolute Gasteiger partial charge is 0.310 e. The Hall–Kier alpha value is -2.71. The Bertz CT molecular complexity index is 907. The Morgan fingerprint density at radius 3 is 2.48 bits per heavy atom. The Morgan fingerprint density at radius 1 is 1.21 bits per heavy atom. The second-order valence-corrected chi connectivity index (χ2v) is 8.77. The molecule has 2 aromatic rings. The number of benzene rings is 1. The van der Waals surface area contributed by atoms with Crippen LogP contribution in [0.1, 0.15) is 62.9 Å². The molecule has 1 aliphatic rings. The highest BCUT2D eigenvalue weighted by molar-refractivity contribution is 5.74. The molecule has 0 amide bonds. The predicted octanol–water partition coefficient (Wildman–Crippen LogP) is 3.79. The average molecular weight is 392 g/mol. The fraction of sp³-hybridized carbons (Fsp3) is 0.458. The Morgan fingerprint density at radius 2 is 1.86 bits per heavy atom. The summed E-state index contributed by atoms with van der Waals surface area (Å²) in [7, 11) is 0. The molecule has 0 radical (unpaired) electrons. The minimum atomic E-state index is -1.20. The summed E-state index contributed by atoms with van der Waals surface area (Å²) in [5.41, 5.74) is 0.216. The first-order valence-corrected chi connectivity index (χ1v) is 9.97. The van der Waals surface area contributed by atoms with Crippen molar-refractivity contribution in [3.8, 4) is 11.8 Å². The lowest BCUT2D eigenvalue weighted by Crippen LogP contribution is -2.41. The Labute approximate surface area is 172 Å². The number of carbonyl (C=O) groups excluding carboxylic acids is 1. The Balaban J connectivity index is 1.86. The summed E-state index contributed by atoms with van der Waals surface area (Å²) in [6, 6.07) is 9.81. The maximum absolute atomic E-state index is 12.9. The summed E-state index contributed by atoms with van der Waals surface area (Å²) in [6.45, 7) is 7.52. The van der Waals surface area contributed by atoms with Gasteiger partial charge < -0.3 is 9.84 Å². The van der Waals surface area contributed by atoms with E-state index in [1.807, 2.05) is 58.0 Å². The number of aryl methyl sites for hydroxylation is 1. The minimum Gasteiger partial charge on any atom is -0.460 e. The fourth-order valence-electron chi connectivity index (χ4n) is 3.66. The third-order valence-corrected chi connectivity index (χ3v) is 5.04. The molecule has 1 aliphatic carbocycles. The molecule has 0 bridgehead atoms. The topological polar surface area (TPSA) is 72.3 Å². The summed E-state index contributed by atoms with van der Waals surface area (Å²) >= 11 is 0. The first-order valence-electron chi connectivity index (χ1n) is 9.97. The molecule has 1 aromatic heterocycles. The first kappa shape index (κ1) is 21.0. The number of aliphatic hydroxyl groups is 1. The van der Waals surface area contributed by atoms with Crippen LogP contribution in [-0.2, 0) is 9.53 Å². The highest BCUT2D eigenvalue weighted by Gasteiger charge is 2.43. The third kappa shape index (κ3) is 5.65. The van der Waals surface area contributed by atoms with Gasteiger partial charge in [-0.15, -0.1) is 0 Å². The largest absolute Gasteiger partial charge is 0.460 e. The van der Waals surface area contributed by atoms with E-state index in [0.717, 1.165) is 11.1 Å². The molecule has 1 saturated carbocycles. The zero-order valence-corrected chi connectivity index (χ0v) is 17.5. The maximum Gasteiger partial charge on any atom is 0.310 e. The molecule has 3 atom stereocenters. The highest BCUT2D eigenvalue weighted by Crippen LogP contribution is 2.43. The molecule has 5 heteroatoms. The van der Waals surface area contributed by atoms with Crippen LogP contribution in [0.25, 0.3) is 0 Å². The third-order valence-electron chi connectivity index (χ3n) is 5.04. The summed E-state index contributed by atoms with van der Waals surface area (Å²) in [6.07, 6.45) is 4.67. The number of hydrogen-bond acceptors (Lipinski definition) is 5. The van der Waals surface area contributed by atoms with Crippen LogP contribution in [0.2, 0.25) is 0 Å². The van der Waals surface area contributed by atoms with Crippen molar-refractivity contribution in [3.05, 3.63) is 59.7 Å². The summed E-state index contributed by atoms with van der Waals surface area (Å²) in [5, 5.41) is 11.2. The standard InChI is InChI=1S/C24H28N2O3/c1-17-15-25-21(26-16-17)11-13-24(28)12-10-19(22(27)29-23(2,3)4)20(14-24)18-8-6-5-7-9-18/h5-9,15-16,19-20,28H,10,12,14H2,1-4H3/t19-,20+,24?/m1/s1. The molecule has 1 unspecified atom stereocenters. The van der Waals surface area contributed by atoms with Gasteiger partial charge in [-0.25, -0.2) is 9.97 Å². The number of nitrogens with zero attached hydrogens (tertiary/aromatic N) is 2. The second-order valence-electron chi connectivity index (χ2n) is 8.77. The van der Waals surface area contributed by atoms with Gasteiger partial charge in [-0.3, -0.25) is 4.79 Å². The maximum atomic E-state index is 12.9. The number of ether oxygens (including phenoxy) is 1. The molecule has 0 spiro atoms. The van der Waals surface area contributed by atoms with E-state index in [1.54, 1.807) is 12.4 Å².